The van der Waals surface area contributed by atoms with Gasteiger partial charge in [-0.2, -0.15) is 0 Å². The van der Waals surface area contributed by atoms with Crippen LogP contribution in [0.25, 0.3) is 0 Å². The molecule has 2 aliphatic heterocycles. The summed E-state index contributed by atoms with van der Waals surface area (Å²) in [6, 6.07) is 2.01. The van der Waals surface area contributed by atoms with Crippen molar-refractivity contribution in [2.75, 3.05) is 46.2 Å². The third-order valence-corrected chi connectivity index (χ3v) is 4.65. The molecule has 1 aromatic carbocycles. The topological polar surface area (TPSA) is 160 Å². The van der Waals surface area contributed by atoms with Crippen molar-refractivity contribution in [2.45, 2.75) is 25.2 Å². The van der Waals surface area contributed by atoms with Gasteiger partial charge in [-0.25, -0.2) is 19.2 Å². The Bertz CT molecular complexity index is 961. The molecule has 2 saturated heterocycles. The van der Waals surface area contributed by atoms with Gasteiger partial charge >= 0.3 is 23.9 Å². The molecule has 0 aliphatic carbocycles. The van der Waals surface area contributed by atoms with Crippen LogP contribution in [0.3, 0.4) is 0 Å². The molecular weight excluding hydrogens is 468 g/mol. The van der Waals surface area contributed by atoms with E-state index in [1.54, 1.807) is 0 Å². The lowest BCUT2D eigenvalue weighted by atomic mass is 9.98. The average Bonchev–Trinajstić information content (AvgIpc) is 3.76. The highest BCUT2D eigenvalue weighted by Gasteiger charge is 2.32. The number of aliphatic hydroxyl groups is 1. The fourth-order valence-corrected chi connectivity index (χ4v) is 2.71. The largest absolute Gasteiger partial charge is 0.498 e. The van der Waals surface area contributed by atoms with Crippen LogP contribution in [0.1, 0.15) is 48.4 Å². The first kappa shape index (κ1) is 26.1. The van der Waals surface area contributed by atoms with Gasteiger partial charge in [0.25, 0.3) is 0 Å². The summed E-state index contributed by atoms with van der Waals surface area (Å²) in [5.74, 6) is -3.86. The maximum atomic E-state index is 12.8. The molecule has 3 unspecified atom stereocenters. The molecule has 12 nitrogen and oxygen atoms in total. The number of hydrogen-bond acceptors (Lipinski definition) is 12. The number of epoxide rings is 2. The average molecular weight is 494 g/mol. The van der Waals surface area contributed by atoms with Gasteiger partial charge in [-0.1, -0.05) is 6.58 Å². The van der Waals surface area contributed by atoms with Crippen molar-refractivity contribution in [3.05, 3.63) is 47.2 Å². The van der Waals surface area contributed by atoms with Gasteiger partial charge in [-0.15, -0.1) is 0 Å². The van der Waals surface area contributed by atoms with E-state index >= 15 is 0 Å². The van der Waals surface area contributed by atoms with Crippen molar-refractivity contribution in [2.24, 2.45) is 0 Å². The van der Waals surface area contributed by atoms with E-state index in [2.05, 4.69) is 6.58 Å². The van der Waals surface area contributed by atoms with Crippen LogP contribution in [0.15, 0.2) is 25.0 Å². The molecule has 0 radical (unpaired) electrons. The molecule has 0 amide bonds. The fourth-order valence-electron chi connectivity index (χ4n) is 2.71. The minimum atomic E-state index is -1.02. The summed E-state index contributed by atoms with van der Waals surface area (Å²) in [6.45, 7) is 4.97. The Kier molecular flexibility index (Phi) is 9.18. The van der Waals surface area contributed by atoms with Crippen LogP contribution in [0, 0.1) is 0 Å². The maximum Gasteiger partial charge on any atom is 0.339 e. The van der Waals surface area contributed by atoms with Crippen molar-refractivity contribution in [1.29, 1.82) is 0 Å². The standard InChI is InChI=1S/C23H26O12/c1-3-29-4-5-30-20(25)16-6-18(22(27)34-11-14-9-31-14)19(23(28)35-12-15-10-32-15)7-17(16)21(26)33-8-13(2)24/h3,6-7,13-15,24H,1,4-5,8-12H2,2H3. The first-order valence-electron chi connectivity index (χ1n) is 10.8. The smallest absolute Gasteiger partial charge is 0.339 e. The van der Waals surface area contributed by atoms with Crippen LogP contribution in [0.2, 0.25) is 0 Å². The second-order valence-corrected chi connectivity index (χ2v) is 7.67. The Labute approximate surface area is 200 Å². The van der Waals surface area contributed by atoms with Gasteiger partial charge in [-0.3, -0.25) is 0 Å². The van der Waals surface area contributed by atoms with E-state index in [9.17, 15) is 24.3 Å². The molecule has 2 heterocycles. The number of esters is 4. The predicted octanol–water partition coefficient (Wildman–Crippen LogP) is 0.652. The van der Waals surface area contributed by atoms with Crippen molar-refractivity contribution in [3.63, 3.8) is 0 Å². The van der Waals surface area contributed by atoms with E-state index in [0.29, 0.717) is 13.2 Å². The molecule has 0 spiro atoms. The molecular formula is C23H26O12. The highest BCUT2D eigenvalue weighted by atomic mass is 16.6. The number of hydrogen-bond donors (Lipinski definition) is 1. The Morgan fingerprint density at radius 1 is 0.886 bits per heavy atom. The van der Waals surface area contributed by atoms with E-state index in [-0.39, 0.29) is 67.5 Å². The van der Waals surface area contributed by atoms with Crippen LogP contribution in [-0.2, 0) is 33.2 Å². The molecule has 3 atom stereocenters. The van der Waals surface area contributed by atoms with Gasteiger partial charge in [0.1, 0.15) is 45.2 Å². The zero-order valence-corrected chi connectivity index (χ0v) is 19.1. The van der Waals surface area contributed by atoms with Crippen LogP contribution in [0.4, 0.5) is 0 Å². The second-order valence-electron chi connectivity index (χ2n) is 7.67. The minimum Gasteiger partial charge on any atom is -0.498 e. The second kappa shape index (κ2) is 12.3. The van der Waals surface area contributed by atoms with Gasteiger partial charge in [-0.05, 0) is 19.1 Å². The molecule has 35 heavy (non-hydrogen) atoms. The van der Waals surface area contributed by atoms with Crippen LogP contribution in [0.5, 0.6) is 0 Å². The predicted molar refractivity (Wildman–Crippen MR) is 115 cm³/mol. The van der Waals surface area contributed by atoms with Gasteiger partial charge in [0.05, 0.1) is 47.8 Å². The van der Waals surface area contributed by atoms with Crippen molar-refractivity contribution in [3.8, 4) is 0 Å². The third kappa shape index (κ3) is 8.05. The van der Waals surface area contributed by atoms with E-state index in [1.165, 1.54) is 6.92 Å². The summed E-state index contributed by atoms with van der Waals surface area (Å²) in [6.07, 6.45) is -0.307. The van der Waals surface area contributed by atoms with Crippen molar-refractivity contribution >= 4 is 23.9 Å². The Hall–Kier alpha value is -3.48. The van der Waals surface area contributed by atoms with Gasteiger partial charge in [0.15, 0.2) is 0 Å². The monoisotopic (exact) mass is 494 g/mol. The van der Waals surface area contributed by atoms with E-state index in [4.69, 9.17) is 33.2 Å². The highest BCUT2D eigenvalue weighted by Crippen LogP contribution is 2.23. The summed E-state index contributed by atoms with van der Waals surface area (Å²) in [5.41, 5.74) is -1.34. The van der Waals surface area contributed by atoms with Crippen LogP contribution >= 0.6 is 0 Å². The molecule has 0 saturated carbocycles. The number of ether oxygens (including phenoxy) is 7. The summed E-state index contributed by atoms with van der Waals surface area (Å²) < 4.78 is 35.4. The first-order valence-corrected chi connectivity index (χ1v) is 10.8. The minimum absolute atomic E-state index is 0.000973. The van der Waals surface area contributed by atoms with E-state index in [0.717, 1.165) is 18.4 Å². The molecule has 12 heteroatoms. The SMILES string of the molecule is C=COCCOC(=O)c1cc(C(=O)OCC2CO2)c(C(=O)OCC2CO2)cc1C(=O)OCC(C)O. The first-order chi connectivity index (χ1) is 16.8. The van der Waals surface area contributed by atoms with Crippen LogP contribution in [-0.4, -0.2) is 93.5 Å². The molecule has 1 aromatic rings. The third-order valence-electron chi connectivity index (χ3n) is 4.65. The Morgan fingerprint density at radius 2 is 1.31 bits per heavy atom. The van der Waals surface area contributed by atoms with E-state index < -0.39 is 30.0 Å². The molecule has 3 rings (SSSR count). The van der Waals surface area contributed by atoms with Gasteiger partial charge in [0, 0.05) is 0 Å². The lowest BCUT2D eigenvalue weighted by Crippen LogP contribution is -2.23. The number of rotatable bonds is 14. The van der Waals surface area contributed by atoms with Crippen LogP contribution < -0.4 is 0 Å². The molecule has 2 aliphatic rings. The zero-order chi connectivity index (χ0) is 25.4. The molecule has 1 N–H and O–H groups in total. The van der Waals surface area contributed by atoms with Gasteiger partial charge in [0.2, 0.25) is 0 Å². The van der Waals surface area contributed by atoms with Crippen molar-refractivity contribution < 1.29 is 57.4 Å². The summed E-state index contributed by atoms with van der Waals surface area (Å²) in [5, 5.41) is 9.44. The lowest BCUT2D eigenvalue weighted by Gasteiger charge is -2.15. The number of carbonyl (C=O) groups is 4. The number of benzene rings is 1. The van der Waals surface area contributed by atoms with E-state index in [1.807, 2.05) is 0 Å². The summed E-state index contributed by atoms with van der Waals surface area (Å²) in [4.78, 5) is 51.0. The summed E-state index contributed by atoms with van der Waals surface area (Å²) in [7, 11) is 0. The maximum absolute atomic E-state index is 12.8. The number of aliphatic hydroxyl groups excluding tert-OH is 1. The zero-order valence-electron chi connectivity index (χ0n) is 19.1. The summed E-state index contributed by atoms with van der Waals surface area (Å²) >= 11 is 0. The normalized spacial score (nSPS) is 18.6. The molecule has 2 fully saturated rings. The fraction of sp³-hybridized carbons (Fsp3) is 0.478. The van der Waals surface area contributed by atoms with Crippen molar-refractivity contribution in [1.82, 2.24) is 0 Å². The Balaban J connectivity index is 1.94. The Morgan fingerprint density at radius 3 is 1.71 bits per heavy atom. The molecule has 0 aromatic heterocycles. The quantitative estimate of drug-likeness (QED) is 0.127. The van der Waals surface area contributed by atoms with Gasteiger partial charge < -0.3 is 38.3 Å². The highest BCUT2D eigenvalue weighted by molar-refractivity contribution is 6.10. The lowest BCUT2D eigenvalue weighted by molar-refractivity contribution is 0.0283. The molecule has 0 bridgehead atoms. The number of carbonyl (C=O) groups excluding carboxylic acids is 4. The molecule has 190 valence electrons.